The molecule has 0 unspecified atom stereocenters. The average Bonchev–Trinajstić information content (AvgIpc) is 2.49. The molecule has 0 fully saturated rings. The lowest BCUT2D eigenvalue weighted by Gasteiger charge is -2.16. The molecule has 0 spiro atoms. The molecule has 0 aliphatic heterocycles. The van der Waals surface area contributed by atoms with E-state index in [-0.39, 0.29) is 11.8 Å². The predicted octanol–water partition coefficient (Wildman–Crippen LogP) is 3.87. The summed E-state index contributed by atoms with van der Waals surface area (Å²) in [5.74, 6) is -0.187. The molecule has 0 saturated heterocycles. The molecule has 1 amide bonds. The Morgan fingerprint density at radius 2 is 1.76 bits per heavy atom. The minimum absolute atomic E-state index is 0.0218. The summed E-state index contributed by atoms with van der Waals surface area (Å²) in [5, 5.41) is 12.5. The summed E-state index contributed by atoms with van der Waals surface area (Å²) >= 11 is 0. The van der Waals surface area contributed by atoms with E-state index in [1.165, 1.54) is 0 Å². The Bertz CT molecular complexity index is 593. The minimum atomic E-state index is -0.544. The maximum Gasteiger partial charge on any atom is 0.231 e. The fourth-order valence-corrected chi connectivity index (χ4v) is 2.36. The highest BCUT2D eigenvalue weighted by molar-refractivity contribution is 5.95. The van der Waals surface area contributed by atoms with Gasteiger partial charge in [-0.3, -0.25) is 4.79 Å². The van der Waals surface area contributed by atoms with Crippen LogP contribution >= 0.6 is 0 Å². The molecular formula is C18H21NO2. The number of rotatable bonds is 5. The van der Waals surface area contributed by atoms with E-state index < -0.39 is 6.10 Å². The summed E-state index contributed by atoms with van der Waals surface area (Å²) in [6.45, 7) is 3.71. The summed E-state index contributed by atoms with van der Waals surface area (Å²) < 4.78 is 0. The van der Waals surface area contributed by atoms with E-state index in [0.29, 0.717) is 5.69 Å². The van der Waals surface area contributed by atoms with E-state index in [2.05, 4.69) is 5.32 Å². The van der Waals surface area contributed by atoms with Crippen LogP contribution in [-0.2, 0) is 4.79 Å². The number of hydrogen-bond donors (Lipinski definition) is 2. The van der Waals surface area contributed by atoms with Gasteiger partial charge in [0, 0.05) is 5.69 Å². The standard InChI is InChI=1S/C18H21NO2/c1-3-17(14-8-5-4-6-9-14)18(21)19-16-11-7-10-15(12-16)13(2)20/h4-13,17,20H,3H2,1-2H3,(H,19,21)/t13-,17+/m1/s1. The molecule has 2 atom stereocenters. The predicted molar refractivity (Wildman–Crippen MR) is 85.2 cm³/mol. The summed E-state index contributed by atoms with van der Waals surface area (Å²) in [6.07, 6.45) is 0.198. The van der Waals surface area contributed by atoms with Crippen molar-refractivity contribution in [3.63, 3.8) is 0 Å². The van der Waals surface area contributed by atoms with Gasteiger partial charge in [-0.1, -0.05) is 49.4 Å². The van der Waals surface area contributed by atoms with E-state index in [1.807, 2.05) is 55.5 Å². The maximum absolute atomic E-state index is 12.5. The van der Waals surface area contributed by atoms with Gasteiger partial charge in [0.25, 0.3) is 0 Å². The van der Waals surface area contributed by atoms with E-state index in [4.69, 9.17) is 0 Å². The van der Waals surface area contributed by atoms with Gasteiger partial charge in [0.2, 0.25) is 5.91 Å². The zero-order valence-corrected chi connectivity index (χ0v) is 12.4. The fourth-order valence-electron chi connectivity index (χ4n) is 2.36. The van der Waals surface area contributed by atoms with Crippen LogP contribution in [0.1, 0.15) is 43.4 Å². The van der Waals surface area contributed by atoms with Crippen molar-refractivity contribution in [3.8, 4) is 0 Å². The van der Waals surface area contributed by atoms with Crippen molar-refractivity contribution in [3.05, 3.63) is 65.7 Å². The summed E-state index contributed by atoms with van der Waals surface area (Å²) in [7, 11) is 0. The van der Waals surface area contributed by atoms with Crippen molar-refractivity contribution < 1.29 is 9.90 Å². The lowest BCUT2D eigenvalue weighted by Crippen LogP contribution is -2.20. The van der Waals surface area contributed by atoms with Crippen LogP contribution in [0.25, 0.3) is 0 Å². The Kier molecular flexibility index (Phi) is 5.12. The third-order valence-corrected chi connectivity index (χ3v) is 3.56. The molecule has 0 heterocycles. The molecule has 0 aromatic heterocycles. The van der Waals surface area contributed by atoms with Gasteiger partial charge in [-0.2, -0.15) is 0 Å². The Morgan fingerprint density at radius 3 is 2.38 bits per heavy atom. The molecule has 110 valence electrons. The van der Waals surface area contributed by atoms with Gasteiger partial charge in [-0.15, -0.1) is 0 Å². The lowest BCUT2D eigenvalue weighted by molar-refractivity contribution is -0.117. The third kappa shape index (κ3) is 3.92. The molecule has 0 aliphatic rings. The van der Waals surface area contributed by atoms with Crippen LogP contribution in [0.3, 0.4) is 0 Å². The lowest BCUT2D eigenvalue weighted by atomic mass is 9.95. The molecular weight excluding hydrogens is 262 g/mol. The van der Waals surface area contributed by atoms with Gasteiger partial charge in [0.15, 0.2) is 0 Å². The first-order valence-electron chi connectivity index (χ1n) is 7.25. The van der Waals surface area contributed by atoms with Crippen molar-refractivity contribution in [1.29, 1.82) is 0 Å². The van der Waals surface area contributed by atoms with Crippen LogP contribution in [0.15, 0.2) is 54.6 Å². The van der Waals surface area contributed by atoms with Crippen LogP contribution in [-0.4, -0.2) is 11.0 Å². The van der Waals surface area contributed by atoms with Crippen LogP contribution in [0.5, 0.6) is 0 Å². The molecule has 21 heavy (non-hydrogen) atoms. The monoisotopic (exact) mass is 283 g/mol. The first-order valence-corrected chi connectivity index (χ1v) is 7.25. The van der Waals surface area contributed by atoms with E-state index in [0.717, 1.165) is 17.5 Å². The van der Waals surface area contributed by atoms with Crippen LogP contribution < -0.4 is 5.32 Å². The van der Waals surface area contributed by atoms with Crippen molar-refractivity contribution in [2.45, 2.75) is 32.3 Å². The molecule has 0 aliphatic carbocycles. The van der Waals surface area contributed by atoms with Crippen molar-refractivity contribution >= 4 is 11.6 Å². The number of aliphatic hydroxyl groups is 1. The summed E-state index contributed by atoms with van der Waals surface area (Å²) in [6, 6.07) is 17.1. The van der Waals surface area contributed by atoms with Crippen molar-refractivity contribution in [2.24, 2.45) is 0 Å². The number of amides is 1. The third-order valence-electron chi connectivity index (χ3n) is 3.56. The highest BCUT2D eigenvalue weighted by Crippen LogP contribution is 2.23. The van der Waals surface area contributed by atoms with Crippen molar-refractivity contribution in [2.75, 3.05) is 5.32 Å². The first-order chi connectivity index (χ1) is 10.1. The quantitative estimate of drug-likeness (QED) is 0.875. The average molecular weight is 283 g/mol. The molecule has 2 rings (SSSR count). The minimum Gasteiger partial charge on any atom is -0.389 e. The van der Waals surface area contributed by atoms with Gasteiger partial charge in [0.05, 0.1) is 12.0 Å². The number of anilines is 1. The Hall–Kier alpha value is -2.13. The number of hydrogen-bond acceptors (Lipinski definition) is 2. The Balaban J connectivity index is 2.15. The number of benzene rings is 2. The molecule has 3 heteroatoms. The fraction of sp³-hybridized carbons (Fsp3) is 0.278. The second-order valence-corrected chi connectivity index (χ2v) is 5.16. The second kappa shape index (κ2) is 7.04. The molecule has 0 radical (unpaired) electrons. The normalized spacial score (nSPS) is 13.5. The van der Waals surface area contributed by atoms with E-state index in [1.54, 1.807) is 13.0 Å². The Labute approximate surface area is 125 Å². The number of aliphatic hydroxyl groups excluding tert-OH is 1. The van der Waals surface area contributed by atoms with Crippen LogP contribution in [0.2, 0.25) is 0 Å². The van der Waals surface area contributed by atoms with Gasteiger partial charge in [-0.05, 0) is 36.6 Å². The molecule has 0 bridgehead atoms. The second-order valence-electron chi connectivity index (χ2n) is 5.16. The van der Waals surface area contributed by atoms with Gasteiger partial charge in [-0.25, -0.2) is 0 Å². The van der Waals surface area contributed by atoms with E-state index in [9.17, 15) is 9.90 Å². The molecule has 2 aromatic carbocycles. The van der Waals surface area contributed by atoms with Crippen LogP contribution in [0.4, 0.5) is 5.69 Å². The number of carbonyl (C=O) groups is 1. The topological polar surface area (TPSA) is 49.3 Å². The summed E-state index contributed by atoms with van der Waals surface area (Å²) in [5.41, 5.74) is 2.53. The largest absolute Gasteiger partial charge is 0.389 e. The number of carbonyl (C=O) groups excluding carboxylic acids is 1. The highest BCUT2D eigenvalue weighted by Gasteiger charge is 2.18. The molecule has 2 aromatic rings. The molecule has 3 nitrogen and oxygen atoms in total. The van der Waals surface area contributed by atoms with Gasteiger partial charge in [0.1, 0.15) is 0 Å². The van der Waals surface area contributed by atoms with Gasteiger partial charge >= 0.3 is 0 Å². The van der Waals surface area contributed by atoms with Crippen molar-refractivity contribution in [1.82, 2.24) is 0 Å². The zero-order chi connectivity index (χ0) is 15.2. The zero-order valence-electron chi connectivity index (χ0n) is 12.4. The smallest absolute Gasteiger partial charge is 0.231 e. The first kappa shape index (κ1) is 15.3. The Morgan fingerprint density at radius 1 is 1.10 bits per heavy atom. The SMILES string of the molecule is CC[C@H](C(=O)Nc1cccc([C@@H](C)O)c1)c1ccccc1. The summed E-state index contributed by atoms with van der Waals surface area (Å²) in [4.78, 5) is 12.5. The molecule has 2 N–H and O–H groups in total. The molecule has 0 saturated carbocycles. The van der Waals surface area contributed by atoms with Crippen LogP contribution in [0, 0.1) is 0 Å². The highest BCUT2D eigenvalue weighted by atomic mass is 16.3. The van der Waals surface area contributed by atoms with E-state index >= 15 is 0 Å². The van der Waals surface area contributed by atoms with Gasteiger partial charge < -0.3 is 10.4 Å². The maximum atomic E-state index is 12.5. The number of nitrogens with one attached hydrogen (secondary N) is 1.